The van der Waals surface area contributed by atoms with Gasteiger partial charge < -0.3 is 23.8 Å². The predicted octanol–water partition coefficient (Wildman–Crippen LogP) is 2.43. The lowest BCUT2D eigenvalue weighted by Crippen LogP contribution is -2.33. The van der Waals surface area contributed by atoms with Gasteiger partial charge in [-0.05, 0) is 29.3 Å². The van der Waals surface area contributed by atoms with Crippen LogP contribution in [0.5, 0.6) is 11.5 Å². The SMILES string of the molecule is COCC(=O)N(Cc1cccnc1)Cc1ccc(O[C@@H]2CCOC2)c(OC)c1. The van der Waals surface area contributed by atoms with Crippen LogP contribution < -0.4 is 9.47 Å². The molecule has 1 atom stereocenters. The van der Waals surface area contributed by atoms with Gasteiger partial charge in [-0.15, -0.1) is 0 Å². The van der Waals surface area contributed by atoms with Crippen molar-refractivity contribution in [3.05, 3.63) is 53.9 Å². The Balaban J connectivity index is 1.74. The molecule has 1 aliphatic heterocycles. The fourth-order valence-corrected chi connectivity index (χ4v) is 3.07. The molecule has 2 aromatic rings. The molecule has 0 unspecified atom stereocenters. The minimum atomic E-state index is -0.0891. The molecule has 1 aliphatic rings. The Morgan fingerprint density at radius 2 is 2.07 bits per heavy atom. The van der Waals surface area contributed by atoms with E-state index in [0.29, 0.717) is 31.2 Å². The molecule has 150 valence electrons. The quantitative estimate of drug-likeness (QED) is 0.659. The highest BCUT2D eigenvalue weighted by Gasteiger charge is 2.20. The summed E-state index contributed by atoms with van der Waals surface area (Å²) in [4.78, 5) is 18.4. The van der Waals surface area contributed by atoms with Crippen LogP contribution in [-0.4, -0.2) is 55.9 Å². The summed E-state index contributed by atoms with van der Waals surface area (Å²) in [5.41, 5.74) is 1.90. The number of amides is 1. The first-order chi connectivity index (χ1) is 13.7. The van der Waals surface area contributed by atoms with Crippen molar-refractivity contribution in [3.8, 4) is 11.5 Å². The van der Waals surface area contributed by atoms with Crippen molar-refractivity contribution in [2.24, 2.45) is 0 Å². The zero-order valence-corrected chi connectivity index (χ0v) is 16.3. The molecule has 0 saturated carbocycles. The number of carbonyl (C=O) groups excluding carboxylic acids is 1. The van der Waals surface area contributed by atoms with Crippen LogP contribution in [0.15, 0.2) is 42.7 Å². The summed E-state index contributed by atoms with van der Waals surface area (Å²) in [5.74, 6) is 1.24. The second-order valence-electron chi connectivity index (χ2n) is 6.63. The van der Waals surface area contributed by atoms with E-state index in [1.165, 1.54) is 7.11 Å². The summed E-state index contributed by atoms with van der Waals surface area (Å²) in [6, 6.07) is 9.54. The van der Waals surface area contributed by atoms with E-state index in [2.05, 4.69) is 4.98 Å². The van der Waals surface area contributed by atoms with Gasteiger partial charge in [0.05, 0.1) is 20.3 Å². The molecule has 0 spiro atoms. The molecule has 1 amide bonds. The van der Waals surface area contributed by atoms with Crippen molar-refractivity contribution in [2.75, 3.05) is 34.0 Å². The second kappa shape index (κ2) is 10.1. The van der Waals surface area contributed by atoms with Crippen LogP contribution in [0.2, 0.25) is 0 Å². The molecule has 1 aromatic carbocycles. The van der Waals surface area contributed by atoms with E-state index in [0.717, 1.165) is 24.2 Å². The van der Waals surface area contributed by atoms with E-state index in [1.807, 2.05) is 30.3 Å². The normalized spacial score (nSPS) is 16.0. The van der Waals surface area contributed by atoms with Crippen molar-refractivity contribution in [2.45, 2.75) is 25.6 Å². The van der Waals surface area contributed by atoms with Gasteiger partial charge in [-0.25, -0.2) is 0 Å². The first-order valence-corrected chi connectivity index (χ1v) is 9.26. The number of carbonyl (C=O) groups is 1. The number of hydrogen-bond acceptors (Lipinski definition) is 6. The maximum atomic E-state index is 12.5. The standard InChI is InChI=1S/C21H26N2O5/c1-25-15-21(24)23(13-17-4-3-8-22-11-17)12-16-5-6-19(20(10-16)26-2)28-18-7-9-27-14-18/h3-6,8,10-11,18H,7,9,12-15H2,1-2H3/t18-/m1/s1. The molecule has 3 rings (SSSR count). The number of benzene rings is 1. The number of pyridine rings is 1. The molecule has 0 aliphatic carbocycles. The highest BCUT2D eigenvalue weighted by Crippen LogP contribution is 2.30. The predicted molar refractivity (Wildman–Crippen MR) is 103 cm³/mol. The summed E-state index contributed by atoms with van der Waals surface area (Å²) in [6.07, 6.45) is 4.39. The van der Waals surface area contributed by atoms with Crippen molar-refractivity contribution in [3.63, 3.8) is 0 Å². The lowest BCUT2D eigenvalue weighted by molar-refractivity contribution is -0.136. The van der Waals surface area contributed by atoms with E-state index < -0.39 is 0 Å². The molecular formula is C21H26N2O5. The molecule has 1 aromatic heterocycles. The van der Waals surface area contributed by atoms with Crippen molar-refractivity contribution in [1.82, 2.24) is 9.88 Å². The molecule has 28 heavy (non-hydrogen) atoms. The largest absolute Gasteiger partial charge is 0.493 e. The van der Waals surface area contributed by atoms with Gasteiger partial charge in [0.2, 0.25) is 5.91 Å². The molecular weight excluding hydrogens is 360 g/mol. The van der Waals surface area contributed by atoms with Gasteiger partial charge in [0.1, 0.15) is 12.7 Å². The number of rotatable bonds is 9. The Morgan fingerprint density at radius 3 is 2.75 bits per heavy atom. The van der Waals surface area contributed by atoms with Crippen LogP contribution in [0.3, 0.4) is 0 Å². The van der Waals surface area contributed by atoms with Crippen molar-refractivity contribution >= 4 is 5.91 Å². The van der Waals surface area contributed by atoms with E-state index in [4.69, 9.17) is 18.9 Å². The summed E-state index contributed by atoms with van der Waals surface area (Å²) in [6.45, 7) is 2.22. The Kier molecular flexibility index (Phi) is 7.22. The lowest BCUT2D eigenvalue weighted by Gasteiger charge is -2.23. The molecule has 0 bridgehead atoms. The van der Waals surface area contributed by atoms with Gasteiger partial charge in [0.15, 0.2) is 11.5 Å². The fraction of sp³-hybridized carbons (Fsp3) is 0.429. The fourth-order valence-electron chi connectivity index (χ4n) is 3.07. The van der Waals surface area contributed by atoms with Gasteiger partial charge in [-0.3, -0.25) is 9.78 Å². The van der Waals surface area contributed by atoms with Crippen LogP contribution in [0.25, 0.3) is 0 Å². The first kappa shape index (κ1) is 20.1. The maximum Gasteiger partial charge on any atom is 0.249 e. The summed E-state index contributed by atoms with van der Waals surface area (Å²) >= 11 is 0. The van der Waals surface area contributed by atoms with Crippen molar-refractivity contribution < 1.29 is 23.7 Å². The van der Waals surface area contributed by atoms with Gasteiger partial charge >= 0.3 is 0 Å². The smallest absolute Gasteiger partial charge is 0.249 e. The average molecular weight is 386 g/mol. The number of hydrogen-bond donors (Lipinski definition) is 0. The number of aromatic nitrogens is 1. The Hall–Kier alpha value is -2.64. The van der Waals surface area contributed by atoms with Crippen molar-refractivity contribution in [1.29, 1.82) is 0 Å². The Morgan fingerprint density at radius 1 is 1.21 bits per heavy atom. The van der Waals surface area contributed by atoms with E-state index in [1.54, 1.807) is 24.4 Å². The summed E-state index contributed by atoms with van der Waals surface area (Å²) < 4.78 is 21.9. The summed E-state index contributed by atoms with van der Waals surface area (Å²) in [7, 11) is 3.13. The molecule has 2 heterocycles. The highest BCUT2D eigenvalue weighted by atomic mass is 16.6. The minimum Gasteiger partial charge on any atom is -0.493 e. The van der Waals surface area contributed by atoms with Crippen LogP contribution in [0, 0.1) is 0 Å². The molecule has 1 fully saturated rings. The van der Waals surface area contributed by atoms with Gasteiger partial charge in [0.25, 0.3) is 0 Å². The van der Waals surface area contributed by atoms with E-state index in [-0.39, 0.29) is 18.6 Å². The third-order valence-corrected chi connectivity index (χ3v) is 4.50. The second-order valence-corrected chi connectivity index (χ2v) is 6.63. The maximum absolute atomic E-state index is 12.5. The van der Waals surface area contributed by atoms with Crippen LogP contribution >= 0.6 is 0 Å². The Labute approximate surface area is 165 Å². The first-order valence-electron chi connectivity index (χ1n) is 9.26. The Bertz CT molecular complexity index is 763. The third-order valence-electron chi connectivity index (χ3n) is 4.50. The number of nitrogens with zero attached hydrogens (tertiary/aromatic N) is 2. The molecule has 0 radical (unpaired) electrons. The summed E-state index contributed by atoms with van der Waals surface area (Å²) in [5, 5.41) is 0. The molecule has 0 N–H and O–H groups in total. The van der Waals surface area contributed by atoms with Crippen LogP contribution in [0.1, 0.15) is 17.5 Å². The highest BCUT2D eigenvalue weighted by molar-refractivity contribution is 5.77. The van der Waals surface area contributed by atoms with Gasteiger partial charge in [-0.2, -0.15) is 0 Å². The minimum absolute atomic E-state index is 0.0280. The van der Waals surface area contributed by atoms with Gasteiger partial charge in [0, 0.05) is 39.0 Å². The average Bonchev–Trinajstić information content (AvgIpc) is 3.22. The zero-order valence-electron chi connectivity index (χ0n) is 16.3. The van der Waals surface area contributed by atoms with E-state index in [9.17, 15) is 4.79 Å². The number of ether oxygens (including phenoxy) is 4. The topological polar surface area (TPSA) is 70.1 Å². The third kappa shape index (κ3) is 5.43. The number of methoxy groups -OCH3 is 2. The van der Waals surface area contributed by atoms with Crippen LogP contribution in [-0.2, 0) is 27.4 Å². The molecule has 7 heteroatoms. The molecule has 7 nitrogen and oxygen atoms in total. The lowest BCUT2D eigenvalue weighted by atomic mass is 10.1. The van der Waals surface area contributed by atoms with Gasteiger partial charge in [-0.1, -0.05) is 12.1 Å². The molecule has 1 saturated heterocycles. The van der Waals surface area contributed by atoms with E-state index >= 15 is 0 Å². The van der Waals surface area contributed by atoms with Crippen LogP contribution in [0.4, 0.5) is 0 Å². The monoisotopic (exact) mass is 386 g/mol. The zero-order chi connectivity index (χ0) is 19.8.